The molecule has 32 heavy (non-hydrogen) atoms. The molecule has 3 rings (SSSR count). The van der Waals surface area contributed by atoms with Crippen LogP contribution in [0, 0.1) is 13.8 Å². The van der Waals surface area contributed by atoms with Crippen LogP contribution in [0.25, 0.3) is 6.08 Å². The molecule has 3 aromatic rings. The van der Waals surface area contributed by atoms with Gasteiger partial charge in [-0.05, 0) is 61.9 Å². The summed E-state index contributed by atoms with van der Waals surface area (Å²) in [5.41, 5.74) is 3.83. The lowest BCUT2D eigenvalue weighted by molar-refractivity contribution is -0.132. The van der Waals surface area contributed by atoms with Gasteiger partial charge in [0.05, 0.1) is 7.11 Å². The van der Waals surface area contributed by atoms with Crippen molar-refractivity contribution in [1.29, 1.82) is 0 Å². The molecule has 1 aromatic heterocycles. The van der Waals surface area contributed by atoms with Crippen molar-refractivity contribution in [2.24, 2.45) is 0 Å². The summed E-state index contributed by atoms with van der Waals surface area (Å²) in [6, 6.07) is 14.2. The lowest BCUT2D eigenvalue weighted by Crippen LogP contribution is -2.08. The molecule has 2 N–H and O–H groups in total. The van der Waals surface area contributed by atoms with Crippen molar-refractivity contribution in [3.8, 4) is 11.5 Å². The molecular weight excluding hydrogens is 408 g/mol. The Morgan fingerprint density at radius 2 is 1.66 bits per heavy atom. The summed E-state index contributed by atoms with van der Waals surface area (Å²) in [5, 5.41) is 5.97. The van der Waals surface area contributed by atoms with Gasteiger partial charge in [-0.25, -0.2) is 9.97 Å². The average Bonchev–Trinajstić information content (AvgIpc) is 2.72. The van der Waals surface area contributed by atoms with E-state index in [-0.39, 0.29) is 5.91 Å². The number of methoxy groups -OCH3 is 1. The minimum atomic E-state index is -0.438. The van der Waals surface area contributed by atoms with Crippen LogP contribution in [0.1, 0.15) is 23.9 Å². The predicted octanol–water partition coefficient (Wildman–Crippen LogP) is 4.42. The number of hydrogen-bond acceptors (Lipinski definition) is 7. The van der Waals surface area contributed by atoms with Gasteiger partial charge in [0, 0.05) is 35.8 Å². The zero-order valence-electron chi connectivity index (χ0n) is 18.3. The SMILES string of the molecule is COc1cc(/C=C/C(=O)Nc2cccc(Nc3nc(C)cc(C)n3)c2)ccc1OC(C)=O. The van der Waals surface area contributed by atoms with Crippen LogP contribution in [0.2, 0.25) is 0 Å². The highest BCUT2D eigenvalue weighted by Crippen LogP contribution is 2.28. The number of nitrogens with one attached hydrogen (secondary N) is 2. The van der Waals surface area contributed by atoms with Crippen LogP contribution >= 0.6 is 0 Å². The normalized spacial score (nSPS) is 10.6. The van der Waals surface area contributed by atoms with Crippen molar-refractivity contribution in [2.75, 3.05) is 17.7 Å². The van der Waals surface area contributed by atoms with Crippen molar-refractivity contribution in [2.45, 2.75) is 20.8 Å². The Kier molecular flexibility index (Phi) is 7.17. The number of esters is 1. The summed E-state index contributed by atoms with van der Waals surface area (Å²) in [4.78, 5) is 32.2. The molecule has 1 heterocycles. The molecule has 0 radical (unpaired) electrons. The fourth-order valence-corrected chi connectivity index (χ4v) is 2.97. The number of carbonyl (C=O) groups is 2. The van der Waals surface area contributed by atoms with Crippen LogP contribution in [0.15, 0.2) is 54.6 Å². The summed E-state index contributed by atoms with van der Waals surface area (Å²) in [5.74, 6) is 0.477. The molecule has 0 aliphatic rings. The van der Waals surface area contributed by atoms with Crippen LogP contribution in [-0.2, 0) is 9.59 Å². The molecule has 0 fully saturated rings. The Labute approximate surface area is 186 Å². The maximum Gasteiger partial charge on any atom is 0.308 e. The zero-order valence-corrected chi connectivity index (χ0v) is 18.3. The smallest absolute Gasteiger partial charge is 0.308 e. The number of amides is 1. The van der Waals surface area contributed by atoms with Crippen molar-refractivity contribution in [3.63, 3.8) is 0 Å². The van der Waals surface area contributed by atoms with Gasteiger partial charge in [0.1, 0.15) is 0 Å². The second-order valence-electron chi connectivity index (χ2n) is 7.01. The second kappa shape index (κ2) is 10.2. The molecule has 0 bridgehead atoms. The molecule has 0 saturated carbocycles. The number of aromatic nitrogens is 2. The minimum absolute atomic E-state index is 0.298. The van der Waals surface area contributed by atoms with Crippen LogP contribution in [-0.4, -0.2) is 29.0 Å². The number of anilines is 3. The molecule has 2 aromatic carbocycles. The maximum absolute atomic E-state index is 12.4. The maximum atomic E-state index is 12.4. The van der Waals surface area contributed by atoms with Crippen LogP contribution < -0.4 is 20.1 Å². The lowest BCUT2D eigenvalue weighted by atomic mass is 10.2. The first-order valence-corrected chi connectivity index (χ1v) is 9.87. The Morgan fingerprint density at radius 1 is 0.938 bits per heavy atom. The van der Waals surface area contributed by atoms with Gasteiger partial charge in [0.2, 0.25) is 11.9 Å². The third-order valence-electron chi connectivity index (χ3n) is 4.24. The van der Waals surface area contributed by atoms with Crippen molar-refractivity contribution in [3.05, 3.63) is 71.6 Å². The summed E-state index contributed by atoms with van der Waals surface area (Å²) in [7, 11) is 1.48. The third kappa shape index (κ3) is 6.40. The van der Waals surface area contributed by atoms with E-state index in [0.29, 0.717) is 23.1 Å². The molecule has 0 aliphatic carbocycles. The molecule has 164 valence electrons. The summed E-state index contributed by atoms with van der Waals surface area (Å²) < 4.78 is 10.3. The fourth-order valence-electron chi connectivity index (χ4n) is 2.97. The van der Waals surface area contributed by atoms with Gasteiger partial charge in [0.15, 0.2) is 11.5 Å². The predicted molar refractivity (Wildman–Crippen MR) is 123 cm³/mol. The Hall–Kier alpha value is -4.20. The van der Waals surface area contributed by atoms with Crippen LogP contribution in [0.5, 0.6) is 11.5 Å². The first-order chi connectivity index (χ1) is 15.3. The van der Waals surface area contributed by atoms with Gasteiger partial charge in [0.25, 0.3) is 0 Å². The third-order valence-corrected chi connectivity index (χ3v) is 4.24. The van der Waals surface area contributed by atoms with E-state index in [9.17, 15) is 9.59 Å². The molecule has 0 spiro atoms. The second-order valence-corrected chi connectivity index (χ2v) is 7.01. The van der Waals surface area contributed by atoms with E-state index in [4.69, 9.17) is 9.47 Å². The number of carbonyl (C=O) groups excluding carboxylic acids is 2. The Bertz CT molecular complexity index is 1150. The van der Waals surface area contributed by atoms with E-state index < -0.39 is 5.97 Å². The van der Waals surface area contributed by atoms with E-state index in [1.165, 1.54) is 20.1 Å². The number of hydrogen-bond donors (Lipinski definition) is 2. The number of nitrogens with zero attached hydrogens (tertiary/aromatic N) is 2. The van der Waals surface area contributed by atoms with E-state index in [1.54, 1.807) is 36.4 Å². The summed E-state index contributed by atoms with van der Waals surface area (Å²) >= 11 is 0. The highest BCUT2D eigenvalue weighted by molar-refractivity contribution is 6.02. The Balaban J connectivity index is 1.66. The zero-order chi connectivity index (χ0) is 23.1. The van der Waals surface area contributed by atoms with E-state index in [2.05, 4.69) is 20.6 Å². The first kappa shape index (κ1) is 22.5. The minimum Gasteiger partial charge on any atom is -0.493 e. The van der Waals surface area contributed by atoms with E-state index >= 15 is 0 Å². The topological polar surface area (TPSA) is 102 Å². The van der Waals surface area contributed by atoms with E-state index in [1.807, 2.05) is 32.0 Å². The molecule has 8 nitrogen and oxygen atoms in total. The molecule has 0 atom stereocenters. The van der Waals surface area contributed by atoms with Gasteiger partial charge in [-0.2, -0.15) is 0 Å². The highest BCUT2D eigenvalue weighted by Gasteiger charge is 2.08. The molecule has 0 saturated heterocycles. The van der Waals surface area contributed by atoms with Gasteiger partial charge in [-0.1, -0.05) is 12.1 Å². The first-order valence-electron chi connectivity index (χ1n) is 9.87. The van der Waals surface area contributed by atoms with Gasteiger partial charge in [-0.3, -0.25) is 9.59 Å². The summed E-state index contributed by atoms with van der Waals surface area (Å²) in [6.07, 6.45) is 3.05. The molecular formula is C24H24N4O4. The van der Waals surface area contributed by atoms with E-state index in [0.717, 1.165) is 22.6 Å². The van der Waals surface area contributed by atoms with Gasteiger partial charge in [-0.15, -0.1) is 0 Å². The number of ether oxygens (including phenoxy) is 2. The highest BCUT2D eigenvalue weighted by atomic mass is 16.6. The van der Waals surface area contributed by atoms with Crippen molar-refractivity contribution >= 4 is 35.3 Å². The Morgan fingerprint density at radius 3 is 2.34 bits per heavy atom. The molecule has 8 heteroatoms. The average molecular weight is 432 g/mol. The quantitative estimate of drug-likeness (QED) is 0.324. The standard InChI is InChI=1S/C24H24N4O4/c1-15-12-16(2)26-24(25-15)28-20-7-5-6-19(14-20)27-23(30)11-9-18-8-10-21(32-17(3)29)22(13-18)31-4/h5-14H,1-4H3,(H,27,30)(H,25,26,28)/b11-9+. The monoisotopic (exact) mass is 432 g/mol. The largest absolute Gasteiger partial charge is 0.493 e. The van der Waals surface area contributed by atoms with Crippen LogP contribution in [0.4, 0.5) is 17.3 Å². The lowest BCUT2D eigenvalue weighted by Gasteiger charge is -2.09. The van der Waals surface area contributed by atoms with Crippen LogP contribution in [0.3, 0.4) is 0 Å². The van der Waals surface area contributed by atoms with Gasteiger partial charge >= 0.3 is 5.97 Å². The summed E-state index contributed by atoms with van der Waals surface area (Å²) in [6.45, 7) is 5.13. The number of benzene rings is 2. The number of rotatable bonds is 7. The number of aryl methyl sites for hydroxylation is 2. The van der Waals surface area contributed by atoms with Crippen molar-refractivity contribution < 1.29 is 19.1 Å². The fraction of sp³-hybridized carbons (Fsp3) is 0.167. The van der Waals surface area contributed by atoms with Crippen molar-refractivity contribution in [1.82, 2.24) is 9.97 Å². The molecule has 0 aliphatic heterocycles. The molecule has 1 amide bonds. The molecule has 0 unspecified atom stereocenters. The van der Waals surface area contributed by atoms with Gasteiger partial charge < -0.3 is 20.1 Å².